The molecule has 1 aliphatic rings. The summed E-state index contributed by atoms with van der Waals surface area (Å²) in [4.78, 5) is 24.9. The van der Waals surface area contributed by atoms with E-state index in [9.17, 15) is 9.59 Å². The molecular formula is C26H23NO3. The van der Waals surface area contributed by atoms with Crippen molar-refractivity contribution < 1.29 is 14.3 Å². The van der Waals surface area contributed by atoms with Crippen molar-refractivity contribution in [2.24, 2.45) is 7.05 Å². The van der Waals surface area contributed by atoms with Gasteiger partial charge in [0.15, 0.2) is 0 Å². The zero-order valence-electron chi connectivity index (χ0n) is 17.5. The van der Waals surface area contributed by atoms with Gasteiger partial charge in [-0.25, -0.2) is 9.59 Å². The molecule has 3 aromatic rings. The molecule has 0 unspecified atom stereocenters. The van der Waals surface area contributed by atoms with Crippen LogP contribution in [0.5, 0.6) is 0 Å². The number of benzene rings is 2. The summed E-state index contributed by atoms with van der Waals surface area (Å²) >= 11 is 0. The van der Waals surface area contributed by atoms with Crippen LogP contribution in [-0.4, -0.2) is 16.5 Å². The SMILES string of the molecule is CC(C)=C1C(=O)OC(=O)/C1=C(/C)c1cc(-c2ccccc2)n(C)c1-c1ccccc1. The van der Waals surface area contributed by atoms with E-state index >= 15 is 0 Å². The van der Waals surface area contributed by atoms with E-state index in [0.717, 1.165) is 39.2 Å². The van der Waals surface area contributed by atoms with Crippen LogP contribution in [0.3, 0.4) is 0 Å². The Morgan fingerprint density at radius 3 is 1.87 bits per heavy atom. The largest absolute Gasteiger partial charge is 0.386 e. The topological polar surface area (TPSA) is 48.3 Å². The zero-order chi connectivity index (χ0) is 21.4. The van der Waals surface area contributed by atoms with Crippen molar-refractivity contribution in [1.29, 1.82) is 0 Å². The second-order valence-electron chi connectivity index (χ2n) is 7.63. The normalized spacial score (nSPS) is 15.4. The van der Waals surface area contributed by atoms with E-state index in [4.69, 9.17) is 4.74 Å². The molecular weight excluding hydrogens is 374 g/mol. The first-order chi connectivity index (χ1) is 14.4. The van der Waals surface area contributed by atoms with Crippen molar-refractivity contribution in [1.82, 2.24) is 4.57 Å². The predicted octanol–water partition coefficient (Wildman–Crippen LogP) is 5.55. The van der Waals surface area contributed by atoms with Gasteiger partial charge in [0.05, 0.1) is 16.8 Å². The molecule has 2 aromatic carbocycles. The summed E-state index contributed by atoms with van der Waals surface area (Å²) in [5.41, 5.74) is 7.24. The summed E-state index contributed by atoms with van der Waals surface area (Å²) in [5, 5.41) is 0. The van der Waals surface area contributed by atoms with E-state index in [2.05, 4.69) is 22.8 Å². The van der Waals surface area contributed by atoms with Gasteiger partial charge < -0.3 is 9.30 Å². The molecule has 0 saturated carbocycles. The predicted molar refractivity (Wildman–Crippen MR) is 118 cm³/mol. The Balaban J connectivity index is 2.04. The standard InChI is InChI=1S/C26H23NO3/c1-16(2)22-23(26(29)30-25(22)28)17(3)20-15-21(18-11-7-5-8-12-18)27(4)24(20)19-13-9-6-10-14-19/h5-15H,1-4H3/b23-17-. The van der Waals surface area contributed by atoms with E-state index in [-0.39, 0.29) is 0 Å². The first-order valence-corrected chi connectivity index (χ1v) is 9.86. The van der Waals surface area contributed by atoms with Crippen molar-refractivity contribution in [3.05, 3.63) is 89.0 Å². The van der Waals surface area contributed by atoms with Gasteiger partial charge in [-0.1, -0.05) is 66.2 Å². The van der Waals surface area contributed by atoms with Gasteiger partial charge in [0.2, 0.25) is 0 Å². The fraction of sp³-hybridized carbons (Fsp3) is 0.154. The minimum atomic E-state index is -0.585. The number of carbonyl (C=O) groups is 2. The quantitative estimate of drug-likeness (QED) is 0.331. The number of hydrogen-bond acceptors (Lipinski definition) is 3. The molecule has 0 spiro atoms. The number of carbonyl (C=O) groups excluding carboxylic acids is 2. The summed E-state index contributed by atoms with van der Waals surface area (Å²) in [6.45, 7) is 5.52. The fourth-order valence-electron chi connectivity index (χ4n) is 4.04. The second kappa shape index (κ2) is 7.64. The molecule has 4 rings (SSSR count). The average Bonchev–Trinajstić information content (AvgIpc) is 3.24. The Morgan fingerprint density at radius 1 is 0.767 bits per heavy atom. The molecule has 0 aliphatic carbocycles. The molecule has 1 fully saturated rings. The fourth-order valence-corrected chi connectivity index (χ4v) is 4.04. The lowest BCUT2D eigenvalue weighted by Gasteiger charge is -2.11. The number of nitrogens with zero attached hydrogens (tertiary/aromatic N) is 1. The van der Waals surface area contributed by atoms with Crippen molar-refractivity contribution in [2.45, 2.75) is 20.8 Å². The minimum Gasteiger partial charge on any atom is -0.386 e. The summed E-state index contributed by atoms with van der Waals surface area (Å²) in [7, 11) is 2.02. The van der Waals surface area contributed by atoms with Crippen molar-refractivity contribution in [3.63, 3.8) is 0 Å². The van der Waals surface area contributed by atoms with Crippen LogP contribution in [0, 0.1) is 0 Å². The van der Waals surface area contributed by atoms with Gasteiger partial charge in [-0.15, -0.1) is 0 Å². The minimum absolute atomic E-state index is 0.349. The van der Waals surface area contributed by atoms with Crippen LogP contribution >= 0.6 is 0 Å². The average molecular weight is 397 g/mol. The highest BCUT2D eigenvalue weighted by molar-refractivity contribution is 6.22. The first-order valence-electron chi connectivity index (χ1n) is 9.86. The van der Waals surface area contributed by atoms with E-state index in [1.54, 1.807) is 0 Å². The zero-order valence-corrected chi connectivity index (χ0v) is 17.5. The lowest BCUT2D eigenvalue weighted by molar-refractivity contribution is -0.149. The van der Waals surface area contributed by atoms with Crippen LogP contribution in [0.2, 0.25) is 0 Å². The Kier molecular flexibility index (Phi) is 5.00. The maximum Gasteiger partial charge on any atom is 0.347 e. The Hall–Kier alpha value is -3.66. The number of aromatic nitrogens is 1. The molecule has 30 heavy (non-hydrogen) atoms. The molecule has 0 amide bonds. The molecule has 1 aliphatic heterocycles. The summed E-state index contributed by atoms with van der Waals surface area (Å²) in [6.07, 6.45) is 0. The lowest BCUT2D eigenvalue weighted by Crippen LogP contribution is -2.01. The Labute approximate surface area is 176 Å². The summed E-state index contributed by atoms with van der Waals surface area (Å²) in [6, 6.07) is 22.3. The highest BCUT2D eigenvalue weighted by atomic mass is 16.6. The Morgan fingerprint density at radius 2 is 1.30 bits per heavy atom. The highest BCUT2D eigenvalue weighted by Gasteiger charge is 2.37. The third-order valence-corrected chi connectivity index (χ3v) is 5.47. The molecule has 1 aromatic heterocycles. The summed E-state index contributed by atoms with van der Waals surface area (Å²) < 4.78 is 7.09. The smallest absolute Gasteiger partial charge is 0.347 e. The number of allylic oxidation sites excluding steroid dienone is 2. The molecule has 4 nitrogen and oxygen atoms in total. The number of esters is 2. The van der Waals surface area contributed by atoms with Gasteiger partial charge in [-0.3, -0.25) is 0 Å². The number of rotatable bonds is 3. The van der Waals surface area contributed by atoms with Crippen LogP contribution in [-0.2, 0) is 21.4 Å². The molecule has 4 heteroatoms. The van der Waals surface area contributed by atoms with Crippen LogP contribution < -0.4 is 0 Å². The van der Waals surface area contributed by atoms with Gasteiger partial charge in [0.25, 0.3) is 0 Å². The van der Waals surface area contributed by atoms with E-state index in [1.165, 1.54) is 0 Å². The van der Waals surface area contributed by atoms with E-state index < -0.39 is 11.9 Å². The first kappa shape index (κ1) is 19.6. The monoisotopic (exact) mass is 397 g/mol. The van der Waals surface area contributed by atoms with Gasteiger partial charge in [-0.2, -0.15) is 0 Å². The van der Waals surface area contributed by atoms with E-state index in [1.807, 2.05) is 76.3 Å². The van der Waals surface area contributed by atoms with Gasteiger partial charge in [0.1, 0.15) is 0 Å². The van der Waals surface area contributed by atoms with Crippen molar-refractivity contribution in [3.8, 4) is 22.5 Å². The third kappa shape index (κ3) is 3.20. The molecule has 150 valence electrons. The van der Waals surface area contributed by atoms with Crippen LogP contribution in [0.15, 0.2) is 83.4 Å². The van der Waals surface area contributed by atoms with Gasteiger partial charge in [0, 0.05) is 18.3 Å². The van der Waals surface area contributed by atoms with Crippen molar-refractivity contribution in [2.75, 3.05) is 0 Å². The molecule has 2 heterocycles. The highest BCUT2D eigenvalue weighted by Crippen LogP contribution is 2.40. The number of ether oxygens (including phenoxy) is 1. The van der Waals surface area contributed by atoms with Crippen LogP contribution in [0.4, 0.5) is 0 Å². The van der Waals surface area contributed by atoms with Gasteiger partial charge >= 0.3 is 11.9 Å². The van der Waals surface area contributed by atoms with E-state index in [0.29, 0.717) is 11.1 Å². The third-order valence-electron chi connectivity index (χ3n) is 5.47. The number of hydrogen-bond donors (Lipinski definition) is 0. The Bertz CT molecular complexity index is 1210. The molecule has 1 saturated heterocycles. The molecule has 0 atom stereocenters. The maximum atomic E-state index is 12.6. The van der Waals surface area contributed by atoms with Crippen molar-refractivity contribution >= 4 is 17.5 Å². The lowest BCUT2D eigenvalue weighted by atomic mass is 9.93. The second-order valence-corrected chi connectivity index (χ2v) is 7.63. The van der Waals surface area contributed by atoms with Crippen LogP contribution in [0.25, 0.3) is 28.1 Å². The van der Waals surface area contributed by atoms with Crippen LogP contribution in [0.1, 0.15) is 26.3 Å². The number of cyclic esters (lactones) is 2. The molecule has 0 bridgehead atoms. The molecule has 0 radical (unpaired) electrons. The summed E-state index contributed by atoms with van der Waals surface area (Å²) in [5.74, 6) is -1.16. The van der Waals surface area contributed by atoms with Gasteiger partial charge in [-0.05, 0) is 43.5 Å². The maximum absolute atomic E-state index is 12.6. The molecule has 0 N–H and O–H groups in total.